The fourth-order valence-corrected chi connectivity index (χ4v) is 3.17. The van der Waals surface area contributed by atoms with Gasteiger partial charge in [-0.2, -0.15) is 0 Å². The summed E-state index contributed by atoms with van der Waals surface area (Å²) in [5, 5.41) is 22.0. The third-order valence-corrected chi connectivity index (χ3v) is 4.30. The molecule has 2 atom stereocenters. The van der Waals surface area contributed by atoms with Crippen LogP contribution in [-0.2, 0) is 4.79 Å². The molecule has 2 aliphatic heterocycles. The number of hydrogen-bond acceptors (Lipinski definition) is 4. The van der Waals surface area contributed by atoms with Crippen LogP contribution < -0.4 is 5.32 Å². The van der Waals surface area contributed by atoms with Gasteiger partial charge in [-0.25, -0.2) is 0 Å². The summed E-state index contributed by atoms with van der Waals surface area (Å²) in [5.41, 5.74) is -0.0666. The predicted molar refractivity (Wildman–Crippen MR) is 69.7 cm³/mol. The molecule has 2 rings (SSSR count). The molecule has 0 aliphatic carbocycles. The van der Waals surface area contributed by atoms with E-state index < -0.39 is 13.1 Å². The monoisotopic (exact) mass is 254 g/mol. The topological polar surface area (TPSA) is 72.8 Å². The number of hydrogen-bond donors (Lipinski definition) is 3. The summed E-state index contributed by atoms with van der Waals surface area (Å²) in [6, 6.07) is -0.203. The Bertz CT molecular complexity index is 322. The second-order valence-corrected chi connectivity index (χ2v) is 6.13. The zero-order chi connectivity index (χ0) is 13.3. The molecule has 0 saturated carbocycles. The van der Waals surface area contributed by atoms with Crippen molar-refractivity contribution < 1.29 is 14.8 Å². The number of rotatable bonds is 2. The van der Waals surface area contributed by atoms with Gasteiger partial charge in [-0.3, -0.25) is 4.79 Å². The average molecular weight is 254 g/mol. The van der Waals surface area contributed by atoms with Gasteiger partial charge in [0.1, 0.15) is 0 Å². The molecular formula is C12H23BN2O3. The van der Waals surface area contributed by atoms with E-state index in [1.54, 1.807) is 4.90 Å². The number of carbonyl (C=O) groups excluding carboxylic acids is 1. The standard InChI is InChI=1S/C12H23BN2O3/c1-12(2)6-4-7-14-10(12)11(16)15-8-3-5-9(15)13(17)18/h9-10,14,17-18H,3-8H2,1-2H3/t9-,10?/m0/s1. The molecule has 5 nitrogen and oxygen atoms in total. The van der Waals surface area contributed by atoms with Gasteiger partial charge in [0.05, 0.1) is 12.0 Å². The van der Waals surface area contributed by atoms with Crippen LogP contribution in [0.3, 0.4) is 0 Å². The third kappa shape index (κ3) is 2.55. The number of likely N-dealkylation sites (tertiary alicyclic amines) is 1. The maximum Gasteiger partial charge on any atom is 0.475 e. The fourth-order valence-electron chi connectivity index (χ4n) is 3.17. The maximum atomic E-state index is 12.6. The van der Waals surface area contributed by atoms with Gasteiger partial charge in [0, 0.05) is 6.54 Å². The lowest BCUT2D eigenvalue weighted by atomic mass is 9.75. The van der Waals surface area contributed by atoms with E-state index in [1.165, 1.54) is 0 Å². The zero-order valence-corrected chi connectivity index (χ0v) is 11.2. The van der Waals surface area contributed by atoms with Crippen molar-refractivity contribution in [3.63, 3.8) is 0 Å². The van der Waals surface area contributed by atoms with Crippen LogP contribution in [0.1, 0.15) is 39.5 Å². The Morgan fingerprint density at radius 3 is 2.72 bits per heavy atom. The largest absolute Gasteiger partial charge is 0.475 e. The van der Waals surface area contributed by atoms with Crippen LogP contribution in [0.25, 0.3) is 0 Å². The molecule has 1 unspecified atom stereocenters. The number of nitrogens with zero attached hydrogens (tertiary/aromatic N) is 1. The Kier molecular flexibility index (Phi) is 3.99. The first-order valence-corrected chi connectivity index (χ1v) is 6.83. The molecule has 2 saturated heterocycles. The number of piperidine rings is 1. The van der Waals surface area contributed by atoms with Gasteiger partial charge in [0.25, 0.3) is 0 Å². The van der Waals surface area contributed by atoms with Gasteiger partial charge < -0.3 is 20.3 Å². The van der Waals surface area contributed by atoms with Crippen LogP contribution in [0.5, 0.6) is 0 Å². The second-order valence-electron chi connectivity index (χ2n) is 6.13. The van der Waals surface area contributed by atoms with E-state index in [-0.39, 0.29) is 17.4 Å². The van der Waals surface area contributed by atoms with Crippen LogP contribution in [0.2, 0.25) is 0 Å². The van der Waals surface area contributed by atoms with Gasteiger partial charge >= 0.3 is 7.12 Å². The summed E-state index contributed by atoms with van der Waals surface area (Å²) in [7, 11) is -1.43. The lowest BCUT2D eigenvalue weighted by molar-refractivity contribution is -0.137. The first-order chi connectivity index (χ1) is 8.43. The van der Waals surface area contributed by atoms with E-state index in [2.05, 4.69) is 19.2 Å². The van der Waals surface area contributed by atoms with Crippen molar-refractivity contribution in [1.82, 2.24) is 10.2 Å². The molecule has 0 radical (unpaired) electrons. The van der Waals surface area contributed by atoms with Crippen molar-refractivity contribution in [2.75, 3.05) is 13.1 Å². The molecule has 0 aromatic rings. The van der Waals surface area contributed by atoms with Crippen molar-refractivity contribution in [3.8, 4) is 0 Å². The third-order valence-electron chi connectivity index (χ3n) is 4.30. The smallest absolute Gasteiger partial charge is 0.426 e. The molecule has 0 aromatic carbocycles. The molecular weight excluding hydrogens is 231 g/mol. The minimum absolute atomic E-state index is 0.0234. The van der Waals surface area contributed by atoms with Gasteiger partial charge in [0.15, 0.2) is 0 Å². The SMILES string of the molecule is CC1(C)CCCNC1C(=O)N1CCC[C@H]1B(O)O. The van der Waals surface area contributed by atoms with Crippen LogP contribution in [0.15, 0.2) is 0 Å². The Morgan fingerprint density at radius 1 is 1.39 bits per heavy atom. The summed E-state index contributed by atoms with van der Waals surface area (Å²) < 4.78 is 0. The second kappa shape index (κ2) is 5.19. The van der Waals surface area contributed by atoms with E-state index in [9.17, 15) is 14.8 Å². The van der Waals surface area contributed by atoms with E-state index >= 15 is 0 Å². The Labute approximate surface area is 109 Å². The first-order valence-electron chi connectivity index (χ1n) is 6.83. The lowest BCUT2D eigenvalue weighted by Gasteiger charge is -2.41. The van der Waals surface area contributed by atoms with E-state index in [0.29, 0.717) is 13.0 Å². The van der Waals surface area contributed by atoms with Crippen LogP contribution >= 0.6 is 0 Å². The summed E-state index contributed by atoms with van der Waals surface area (Å²) in [6.45, 7) is 5.69. The predicted octanol–water partition coefficient (Wildman–Crippen LogP) is -0.232. The Balaban J connectivity index is 2.10. The summed E-state index contributed by atoms with van der Waals surface area (Å²) in [4.78, 5) is 14.2. The highest BCUT2D eigenvalue weighted by molar-refractivity contribution is 6.43. The van der Waals surface area contributed by atoms with Crippen LogP contribution in [-0.4, -0.2) is 53.0 Å². The van der Waals surface area contributed by atoms with Crippen LogP contribution in [0, 0.1) is 5.41 Å². The molecule has 0 aromatic heterocycles. The quantitative estimate of drug-likeness (QED) is 0.595. The minimum atomic E-state index is -1.43. The molecule has 0 spiro atoms. The highest BCUT2D eigenvalue weighted by Gasteiger charge is 2.44. The van der Waals surface area contributed by atoms with Gasteiger partial charge in [-0.1, -0.05) is 13.8 Å². The molecule has 2 fully saturated rings. The summed E-state index contributed by atoms with van der Waals surface area (Å²) in [6.07, 6.45) is 3.64. The lowest BCUT2D eigenvalue weighted by Crippen LogP contribution is -2.59. The van der Waals surface area contributed by atoms with Crippen molar-refractivity contribution in [2.45, 2.75) is 51.5 Å². The van der Waals surface area contributed by atoms with E-state index in [1.807, 2.05) is 0 Å². The normalized spacial score (nSPS) is 31.4. The molecule has 102 valence electrons. The molecule has 18 heavy (non-hydrogen) atoms. The zero-order valence-electron chi connectivity index (χ0n) is 11.2. The number of carbonyl (C=O) groups is 1. The molecule has 0 bridgehead atoms. The summed E-state index contributed by atoms with van der Waals surface area (Å²) >= 11 is 0. The first kappa shape index (κ1) is 13.8. The number of amides is 1. The summed E-state index contributed by atoms with van der Waals surface area (Å²) in [5.74, 6) is -0.410. The highest BCUT2D eigenvalue weighted by atomic mass is 16.4. The molecule has 3 N–H and O–H groups in total. The fraction of sp³-hybridized carbons (Fsp3) is 0.917. The number of nitrogens with one attached hydrogen (secondary N) is 1. The van der Waals surface area contributed by atoms with E-state index in [4.69, 9.17) is 0 Å². The maximum absolute atomic E-state index is 12.6. The Morgan fingerprint density at radius 2 is 2.11 bits per heavy atom. The molecule has 6 heteroatoms. The van der Waals surface area contributed by atoms with E-state index in [0.717, 1.165) is 25.8 Å². The van der Waals surface area contributed by atoms with Gasteiger partial charge in [0.2, 0.25) is 5.91 Å². The molecule has 2 aliphatic rings. The highest BCUT2D eigenvalue weighted by Crippen LogP contribution is 2.32. The van der Waals surface area contributed by atoms with Gasteiger partial charge in [-0.15, -0.1) is 0 Å². The van der Waals surface area contributed by atoms with Crippen molar-refractivity contribution in [2.24, 2.45) is 5.41 Å². The van der Waals surface area contributed by atoms with Crippen LogP contribution in [0.4, 0.5) is 0 Å². The van der Waals surface area contributed by atoms with Gasteiger partial charge in [-0.05, 0) is 37.6 Å². The van der Waals surface area contributed by atoms with Crippen molar-refractivity contribution >= 4 is 13.0 Å². The van der Waals surface area contributed by atoms with Crippen molar-refractivity contribution in [3.05, 3.63) is 0 Å². The molecule has 1 amide bonds. The average Bonchev–Trinajstić information content (AvgIpc) is 2.76. The van der Waals surface area contributed by atoms with Crippen molar-refractivity contribution in [1.29, 1.82) is 0 Å². The minimum Gasteiger partial charge on any atom is -0.426 e. The molecule has 2 heterocycles. The Hall–Kier alpha value is -0.585.